The Morgan fingerprint density at radius 2 is 2.14 bits per heavy atom. The van der Waals surface area contributed by atoms with Gasteiger partial charge in [-0.1, -0.05) is 11.6 Å². The average molecular weight is 306 g/mol. The van der Waals surface area contributed by atoms with Crippen LogP contribution in [0.4, 0.5) is 11.4 Å². The van der Waals surface area contributed by atoms with E-state index in [4.69, 9.17) is 16.3 Å². The first kappa shape index (κ1) is 15.1. The maximum atomic E-state index is 12.4. The Morgan fingerprint density at radius 1 is 1.33 bits per heavy atom. The number of hydrogen-bond acceptors (Lipinski definition) is 4. The van der Waals surface area contributed by atoms with Crippen LogP contribution in [0.25, 0.3) is 0 Å². The summed E-state index contributed by atoms with van der Waals surface area (Å²) in [7, 11) is 1.53. The quantitative estimate of drug-likeness (QED) is 0.888. The van der Waals surface area contributed by atoms with Crippen LogP contribution in [-0.4, -0.2) is 24.5 Å². The van der Waals surface area contributed by atoms with E-state index < -0.39 is 0 Å². The minimum absolute atomic E-state index is 0.278. The molecule has 21 heavy (non-hydrogen) atoms. The van der Waals surface area contributed by atoms with Gasteiger partial charge < -0.3 is 15.4 Å². The highest BCUT2D eigenvalue weighted by Gasteiger charge is 2.14. The van der Waals surface area contributed by atoms with Crippen molar-refractivity contribution in [3.05, 3.63) is 47.2 Å². The minimum atomic E-state index is -0.278. The number of nitrogens with zero attached hydrogens (tertiary/aromatic N) is 1. The molecule has 1 amide bonds. The molecule has 2 aromatic rings. The third kappa shape index (κ3) is 3.64. The Labute approximate surface area is 128 Å². The molecule has 6 heteroatoms. The van der Waals surface area contributed by atoms with E-state index in [1.165, 1.54) is 13.3 Å². The van der Waals surface area contributed by atoms with Gasteiger partial charge in [0, 0.05) is 24.0 Å². The minimum Gasteiger partial charge on any atom is -0.495 e. The summed E-state index contributed by atoms with van der Waals surface area (Å²) in [5, 5.41) is 6.43. The molecule has 0 saturated carbocycles. The van der Waals surface area contributed by atoms with Crippen molar-refractivity contribution < 1.29 is 9.53 Å². The van der Waals surface area contributed by atoms with Crippen molar-refractivity contribution in [2.75, 3.05) is 24.3 Å². The molecule has 0 atom stereocenters. The number of carbonyl (C=O) groups is 1. The van der Waals surface area contributed by atoms with Gasteiger partial charge in [-0.25, -0.2) is 0 Å². The third-order valence-corrected chi connectivity index (χ3v) is 3.08. The standard InChI is InChI=1S/C15H16ClN3O2/c1-3-18-12-6-7-17-9-11(12)15(20)19-13-8-10(16)4-5-14(13)21-2/h4-9H,3H2,1-2H3,(H,17,18)(H,19,20). The maximum Gasteiger partial charge on any atom is 0.259 e. The lowest BCUT2D eigenvalue weighted by molar-refractivity contribution is 0.102. The number of anilines is 2. The molecule has 110 valence electrons. The number of methoxy groups -OCH3 is 1. The highest BCUT2D eigenvalue weighted by molar-refractivity contribution is 6.31. The fourth-order valence-electron chi connectivity index (χ4n) is 1.89. The molecule has 1 aromatic carbocycles. The predicted octanol–water partition coefficient (Wildman–Crippen LogP) is 3.43. The molecule has 0 aliphatic carbocycles. The SMILES string of the molecule is CCNc1ccncc1C(=O)Nc1cc(Cl)ccc1OC. The molecule has 5 nitrogen and oxygen atoms in total. The Morgan fingerprint density at radius 3 is 2.86 bits per heavy atom. The van der Waals surface area contributed by atoms with Crippen LogP contribution < -0.4 is 15.4 Å². The van der Waals surface area contributed by atoms with Crippen LogP contribution >= 0.6 is 11.6 Å². The molecule has 0 radical (unpaired) electrons. The van der Waals surface area contributed by atoms with Crippen LogP contribution in [0, 0.1) is 0 Å². The first-order valence-corrected chi connectivity index (χ1v) is 6.86. The zero-order valence-corrected chi connectivity index (χ0v) is 12.6. The molecule has 2 rings (SSSR count). The average Bonchev–Trinajstić information content (AvgIpc) is 2.48. The normalized spacial score (nSPS) is 10.0. The molecule has 1 heterocycles. The maximum absolute atomic E-state index is 12.4. The van der Waals surface area contributed by atoms with Crippen molar-refractivity contribution in [2.45, 2.75) is 6.92 Å². The summed E-state index contributed by atoms with van der Waals surface area (Å²) in [6.45, 7) is 2.67. The van der Waals surface area contributed by atoms with Gasteiger partial charge in [-0.2, -0.15) is 0 Å². The van der Waals surface area contributed by atoms with Crippen molar-refractivity contribution in [2.24, 2.45) is 0 Å². The smallest absolute Gasteiger partial charge is 0.259 e. The van der Waals surface area contributed by atoms with Gasteiger partial charge in [0.05, 0.1) is 24.0 Å². The highest BCUT2D eigenvalue weighted by atomic mass is 35.5. The van der Waals surface area contributed by atoms with E-state index in [2.05, 4.69) is 15.6 Å². The number of benzene rings is 1. The second-order valence-corrected chi connectivity index (χ2v) is 4.69. The molecule has 0 bridgehead atoms. The van der Waals surface area contributed by atoms with Gasteiger partial charge in [0.1, 0.15) is 5.75 Å². The van der Waals surface area contributed by atoms with E-state index in [0.717, 1.165) is 5.69 Å². The highest BCUT2D eigenvalue weighted by Crippen LogP contribution is 2.28. The van der Waals surface area contributed by atoms with Crippen LogP contribution in [0.3, 0.4) is 0 Å². The lowest BCUT2D eigenvalue weighted by Crippen LogP contribution is -2.15. The molecule has 2 N–H and O–H groups in total. The number of ether oxygens (including phenoxy) is 1. The summed E-state index contributed by atoms with van der Waals surface area (Å²) in [4.78, 5) is 16.4. The predicted molar refractivity (Wildman–Crippen MR) is 84.4 cm³/mol. The molecular weight excluding hydrogens is 290 g/mol. The topological polar surface area (TPSA) is 63.2 Å². The summed E-state index contributed by atoms with van der Waals surface area (Å²) in [5.41, 5.74) is 1.70. The number of carbonyl (C=O) groups excluding carboxylic acids is 1. The van der Waals surface area contributed by atoms with Crippen LogP contribution in [0.5, 0.6) is 5.75 Å². The molecule has 0 aliphatic heterocycles. The number of amides is 1. The lowest BCUT2D eigenvalue weighted by atomic mass is 10.2. The molecule has 0 aliphatic rings. The van der Waals surface area contributed by atoms with Gasteiger partial charge >= 0.3 is 0 Å². The van der Waals surface area contributed by atoms with E-state index in [0.29, 0.717) is 28.6 Å². The molecular formula is C15H16ClN3O2. The molecule has 1 aromatic heterocycles. The molecule has 0 saturated heterocycles. The molecule has 0 fully saturated rings. The van der Waals surface area contributed by atoms with E-state index in [1.807, 2.05) is 6.92 Å². The third-order valence-electron chi connectivity index (χ3n) is 2.84. The van der Waals surface area contributed by atoms with Gasteiger partial charge in [-0.15, -0.1) is 0 Å². The van der Waals surface area contributed by atoms with Crippen molar-refractivity contribution in [1.82, 2.24) is 4.98 Å². The number of nitrogens with one attached hydrogen (secondary N) is 2. The summed E-state index contributed by atoms with van der Waals surface area (Å²) in [5.74, 6) is 0.265. The van der Waals surface area contributed by atoms with Crippen molar-refractivity contribution in [3.63, 3.8) is 0 Å². The second kappa shape index (κ2) is 6.95. The lowest BCUT2D eigenvalue weighted by Gasteiger charge is -2.13. The van der Waals surface area contributed by atoms with Crippen molar-refractivity contribution >= 4 is 28.9 Å². The van der Waals surface area contributed by atoms with Crippen LogP contribution in [0.15, 0.2) is 36.7 Å². The summed E-state index contributed by atoms with van der Waals surface area (Å²) < 4.78 is 5.21. The Bertz CT molecular complexity index is 647. The largest absolute Gasteiger partial charge is 0.495 e. The number of halogens is 1. The number of rotatable bonds is 5. The monoisotopic (exact) mass is 305 g/mol. The van der Waals surface area contributed by atoms with E-state index in [9.17, 15) is 4.79 Å². The number of pyridine rings is 1. The van der Waals surface area contributed by atoms with Crippen LogP contribution in [-0.2, 0) is 0 Å². The Hall–Kier alpha value is -2.27. The zero-order chi connectivity index (χ0) is 15.2. The fraction of sp³-hybridized carbons (Fsp3) is 0.200. The molecule has 0 spiro atoms. The van der Waals surface area contributed by atoms with E-state index >= 15 is 0 Å². The first-order valence-electron chi connectivity index (χ1n) is 6.48. The number of hydrogen-bond donors (Lipinski definition) is 2. The van der Waals surface area contributed by atoms with E-state index in [1.54, 1.807) is 30.5 Å². The summed E-state index contributed by atoms with van der Waals surface area (Å²) >= 11 is 5.95. The Kier molecular flexibility index (Phi) is 5.00. The van der Waals surface area contributed by atoms with Gasteiger partial charge in [0.2, 0.25) is 0 Å². The first-order chi connectivity index (χ1) is 10.2. The fourth-order valence-corrected chi connectivity index (χ4v) is 2.06. The number of aromatic nitrogens is 1. The van der Waals surface area contributed by atoms with Crippen molar-refractivity contribution in [1.29, 1.82) is 0 Å². The second-order valence-electron chi connectivity index (χ2n) is 4.25. The van der Waals surface area contributed by atoms with Crippen LogP contribution in [0.2, 0.25) is 5.02 Å². The Balaban J connectivity index is 2.28. The molecule has 0 unspecified atom stereocenters. The van der Waals surface area contributed by atoms with Gasteiger partial charge in [-0.3, -0.25) is 9.78 Å². The summed E-state index contributed by atoms with van der Waals surface area (Å²) in [6, 6.07) is 6.80. The van der Waals surface area contributed by atoms with E-state index in [-0.39, 0.29) is 5.91 Å². The zero-order valence-electron chi connectivity index (χ0n) is 11.8. The van der Waals surface area contributed by atoms with Gasteiger partial charge in [0.25, 0.3) is 5.91 Å². The van der Waals surface area contributed by atoms with Crippen LogP contribution in [0.1, 0.15) is 17.3 Å². The van der Waals surface area contributed by atoms with Gasteiger partial charge in [-0.05, 0) is 31.2 Å². The van der Waals surface area contributed by atoms with Crippen molar-refractivity contribution in [3.8, 4) is 5.75 Å². The summed E-state index contributed by atoms with van der Waals surface area (Å²) in [6.07, 6.45) is 3.15. The van der Waals surface area contributed by atoms with Gasteiger partial charge in [0.15, 0.2) is 0 Å².